The zero-order valence-corrected chi connectivity index (χ0v) is 12.5. The van der Waals surface area contributed by atoms with E-state index in [0.29, 0.717) is 0 Å². The van der Waals surface area contributed by atoms with Crippen LogP contribution in [0, 0.1) is 0 Å². The highest BCUT2D eigenvalue weighted by atomic mass is 16.4. The van der Waals surface area contributed by atoms with E-state index in [-0.39, 0.29) is 6.04 Å². The number of piperazine rings is 1. The van der Waals surface area contributed by atoms with Gasteiger partial charge in [-0.1, -0.05) is 6.92 Å². The van der Waals surface area contributed by atoms with E-state index in [1.807, 2.05) is 16.6 Å². The molecule has 1 atom stereocenters. The molecule has 6 heteroatoms. The van der Waals surface area contributed by atoms with Gasteiger partial charge in [-0.05, 0) is 19.4 Å². The van der Waals surface area contributed by atoms with Gasteiger partial charge >= 0.3 is 5.97 Å². The van der Waals surface area contributed by atoms with Crippen molar-refractivity contribution >= 4 is 5.97 Å². The molecule has 0 aromatic carbocycles. The summed E-state index contributed by atoms with van der Waals surface area (Å²) in [6.45, 7) is 8.19. The Labute approximate surface area is 120 Å². The fourth-order valence-electron chi connectivity index (χ4n) is 2.59. The fourth-order valence-corrected chi connectivity index (χ4v) is 2.59. The van der Waals surface area contributed by atoms with Crippen molar-refractivity contribution in [2.75, 3.05) is 26.2 Å². The highest BCUT2D eigenvalue weighted by Crippen LogP contribution is 2.12. The first-order chi connectivity index (χ1) is 9.51. The third-order valence-electron chi connectivity index (χ3n) is 4.09. The Hall–Kier alpha value is -1.40. The van der Waals surface area contributed by atoms with Crippen molar-refractivity contribution < 1.29 is 9.90 Å². The van der Waals surface area contributed by atoms with Crippen LogP contribution in [0.2, 0.25) is 0 Å². The molecule has 1 aliphatic rings. The summed E-state index contributed by atoms with van der Waals surface area (Å²) in [5.74, 6) is -0.738. The third-order valence-corrected chi connectivity index (χ3v) is 4.09. The van der Waals surface area contributed by atoms with Crippen molar-refractivity contribution in [3.63, 3.8) is 0 Å². The third kappa shape index (κ3) is 3.37. The van der Waals surface area contributed by atoms with E-state index in [0.717, 1.165) is 44.8 Å². The molecular formula is C14H24N4O2. The molecule has 1 saturated heterocycles. The summed E-state index contributed by atoms with van der Waals surface area (Å²) < 4.78 is 1.95. The summed E-state index contributed by atoms with van der Waals surface area (Å²) in [5, 5.41) is 13.5. The van der Waals surface area contributed by atoms with Gasteiger partial charge in [-0.15, -0.1) is 0 Å². The number of hydrogen-bond acceptors (Lipinski definition) is 4. The highest BCUT2D eigenvalue weighted by Gasteiger charge is 2.25. The van der Waals surface area contributed by atoms with E-state index < -0.39 is 5.97 Å². The van der Waals surface area contributed by atoms with Gasteiger partial charge in [0.15, 0.2) is 0 Å². The second-order valence-corrected chi connectivity index (χ2v) is 5.43. The first kappa shape index (κ1) is 15.0. The van der Waals surface area contributed by atoms with Gasteiger partial charge in [-0.2, -0.15) is 5.10 Å². The van der Waals surface area contributed by atoms with Gasteiger partial charge in [0.2, 0.25) is 0 Å². The molecule has 1 N–H and O–H groups in total. The van der Waals surface area contributed by atoms with Gasteiger partial charge in [0.1, 0.15) is 6.04 Å². The first-order valence-corrected chi connectivity index (χ1v) is 7.22. The SMILES string of the molecule is CCc1cc(CN2CCN(C(C)C(=O)O)CC2)n(C)n1. The highest BCUT2D eigenvalue weighted by molar-refractivity contribution is 5.72. The van der Waals surface area contributed by atoms with Gasteiger partial charge < -0.3 is 5.11 Å². The number of carbonyl (C=O) groups is 1. The lowest BCUT2D eigenvalue weighted by Crippen LogP contribution is -2.51. The van der Waals surface area contributed by atoms with Crippen molar-refractivity contribution in [2.24, 2.45) is 7.05 Å². The number of aryl methyl sites for hydroxylation is 2. The smallest absolute Gasteiger partial charge is 0.320 e. The summed E-state index contributed by atoms with van der Waals surface area (Å²) in [6, 6.07) is 1.77. The minimum absolute atomic E-state index is 0.388. The number of rotatable bonds is 5. The predicted octanol–water partition coefficient (Wildman–Crippen LogP) is 0.573. The van der Waals surface area contributed by atoms with Crippen LogP contribution in [-0.2, 0) is 24.8 Å². The van der Waals surface area contributed by atoms with Crippen LogP contribution in [0.3, 0.4) is 0 Å². The molecule has 2 heterocycles. The molecule has 1 aromatic rings. The Balaban J connectivity index is 1.88. The van der Waals surface area contributed by atoms with Crippen molar-refractivity contribution in [3.8, 4) is 0 Å². The van der Waals surface area contributed by atoms with Crippen LogP contribution >= 0.6 is 0 Å². The summed E-state index contributed by atoms with van der Waals surface area (Å²) in [4.78, 5) is 15.4. The topological polar surface area (TPSA) is 61.6 Å². The number of hydrogen-bond donors (Lipinski definition) is 1. The van der Waals surface area contributed by atoms with Crippen molar-refractivity contribution in [3.05, 3.63) is 17.5 Å². The Bertz CT molecular complexity index is 464. The maximum atomic E-state index is 11.0. The van der Waals surface area contributed by atoms with Crippen LogP contribution < -0.4 is 0 Å². The number of nitrogens with zero attached hydrogens (tertiary/aromatic N) is 4. The molecule has 6 nitrogen and oxygen atoms in total. The molecule has 0 radical (unpaired) electrons. The number of carboxylic acids is 1. The molecular weight excluding hydrogens is 256 g/mol. The van der Waals surface area contributed by atoms with Crippen LogP contribution in [0.15, 0.2) is 6.07 Å². The predicted molar refractivity (Wildman–Crippen MR) is 76.5 cm³/mol. The Morgan fingerprint density at radius 2 is 2.05 bits per heavy atom. The second-order valence-electron chi connectivity index (χ2n) is 5.43. The summed E-state index contributed by atoms with van der Waals surface area (Å²) >= 11 is 0. The summed E-state index contributed by atoms with van der Waals surface area (Å²) in [6.07, 6.45) is 0.956. The van der Waals surface area contributed by atoms with Crippen LogP contribution in [0.4, 0.5) is 0 Å². The lowest BCUT2D eigenvalue weighted by atomic mass is 10.2. The second kappa shape index (κ2) is 6.37. The normalized spacial score (nSPS) is 19.1. The average Bonchev–Trinajstić information content (AvgIpc) is 2.79. The van der Waals surface area contributed by atoms with E-state index in [2.05, 4.69) is 23.0 Å². The molecule has 0 aliphatic carbocycles. The quantitative estimate of drug-likeness (QED) is 0.854. The number of aliphatic carboxylic acids is 1. The number of aromatic nitrogens is 2. The maximum absolute atomic E-state index is 11.0. The van der Waals surface area contributed by atoms with Crippen molar-refractivity contribution in [1.29, 1.82) is 0 Å². The van der Waals surface area contributed by atoms with Crippen LogP contribution in [0.25, 0.3) is 0 Å². The summed E-state index contributed by atoms with van der Waals surface area (Å²) in [5.41, 5.74) is 2.35. The van der Waals surface area contributed by atoms with Gasteiger partial charge in [-0.3, -0.25) is 19.3 Å². The molecule has 0 bridgehead atoms. The van der Waals surface area contributed by atoms with Crippen molar-refractivity contribution in [2.45, 2.75) is 32.9 Å². The standard InChI is InChI=1S/C14H24N4O2/c1-4-12-9-13(16(3)15-12)10-17-5-7-18(8-6-17)11(2)14(19)20/h9,11H,4-8,10H2,1-3H3,(H,19,20). The molecule has 2 rings (SSSR count). The molecule has 0 amide bonds. The fraction of sp³-hybridized carbons (Fsp3) is 0.714. The van der Waals surface area contributed by atoms with Crippen LogP contribution in [0.5, 0.6) is 0 Å². The molecule has 0 spiro atoms. The lowest BCUT2D eigenvalue weighted by molar-refractivity contribution is -0.143. The van der Waals surface area contributed by atoms with Crippen LogP contribution in [0.1, 0.15) is 25.2 Å². The molecule has 1 unspecified atom stereocenters. The Morgan fingerprint density at radius 1 is 1.40 bits per heavy atom. The van der Waals surface area contributed by atoms with E-state index in [4.69, 9.17) is 5.11 Å². The van der Waals surface area contributed by atoms with Gasteiger partial charge in [0.05, 0.1) is 11.4 Å². The van der Waals surface area contributed by atoms with Gasteiger partial charge in [-0.25, -0.2) is 0 Å². The Morgan fingerprint density at radius 3 is 2.55 bits per heavy atom. The average molecular weight is 280 g/mol. The van der Waals surface area contributed by atoms with Gasteiger partial charge in [0.25, 0.3) is 0 Å². The van der Waals surface area contributed by atoms with Crippen LogP contribution in [-0.4, -0.2) is 62.9 Å². The Kier molecular flexibility index (Phi) is 4.77. The van der Waals surface area contributed by atoms with Gasteiger partial charge in [0, 0.05) is 39.8 Å². The number of carboxylic acid groups (broad SMARTS) is 1. The summed E-state index contributed by atoms with van der Waals surface area (Å²) in [7, 11) is 1.98. The van der Waals surface area contributed by atoms with E-state index in [1.165, 1.54) is 5.69 Å². The van der Waals surface area contributed by atoms with E-state index in [1.54, 1.807) is 6.92 Å². The monoisotopic (exact) mass is 280 g/mol. The maximum Gasteiger partial charge on any atom is 0.320 e. The zero-order valence-electron chi connectivity index (χ0n) is 12.5. The molecule has 1 aromatic heterocycles. The lowest BCUT2D eigenvalue weighted by Gasteiger charge is -2.36. The molecule has 1 aliphatic heterocycles. The molecule has 20 heavy (non-hydrogen) atoms. The largest absolute Gasteiger partial charge is 0.480 e. The zero-order chi connectivity index (χ0) is 14.7. The minimum atomic E-state index is -0.738. The molecule has 112 valence electrons. The minimum Gasteiger partial charge on any atom is -0.480 e. The first-order valence-electron chi connectivity index (χ1n) is 7.22. The van der Waals surface area contributed by atoms with Crippen molar-refractivity contribution in [1.82, 2.24) is 19.6 Å². The molecule has 0 saturated carbocycles. The molecule has 1 fully saturated rings. The van der Waals surface area contributed by atoms with E-state index >= 15 is 0 Å². The van der Waals surface area contributed by atoms with E-state index in [9.17, 15) is 4.79 Å².